The lowest BCUT2D eigenvalue weighted by molar-refractivity contribution is -0.132. The second-order valence-corrected chi connectivity index (χ2v) is 6.84. The van der Waals surface area contributed by atoms with Gasteiger partial charge in [0.1, 0.15) is 17.0 Å². The number of amides is 2. The van der Waals surface area contributed by atoms with Crippen molar-refractivity contribution in [2.24, 2.45) is 0 Å². The predicted molar refractivity (Wildman–Crippen MR) is 89.6 cm³/mol. The standard InChI is InChI=1S/C14H19ClN4O2S/c1-17(2)12-6-9(5-11(15)16-12)13(20)19-8-22-7-10(19)14(21)18(3)4/h5-6,10H,7-8H2,1-4H3/t10-/m0/s1. The fourth-order valence-corrected chi connectivity index (χ4v) is 3.50. The van der Waals surface area contributed by atoms with Crippen molar-refractivity contribution in [2.45, 2.75) is 6.04 Å². The van der Waals surface area contributed by atoms with Gasteiger partial charge >= 0.3 is 0 Å². The molecule has 1 atom stereocenters. The highest BCUT2D eigenvalue weighted by Gasteiger charge is 2.36. The average Bonchev–Trinajstić information content (AvgIpc) is 2.93. The molecule has 1 aliphatic heterocycles. The van der Waals surface area contributed by atoms with Crippen molar-refractivity contribution in [3.05, 3.63) is 22.8 Å². The van der Waals surface area contributed by atoms with E-state index in [-0.39, 0.29) is 17.0 Å². The van der Waals surface area contributed by atoms with Crippen LogP contribution in [0.5, 0.6) is 0 Å². The SMILES string of the molecule is CN(C)C(=O)[C@@H]1CSCN1C(=O)c1cc(Cl)nc(N(C)C)c1. The highest BCUT2D eigenvalue weighted by Crippen LogP contribution is 2.26. The first-order valence-electron chi connectivity index (χ1n) is 6.76. The van der Waals surface area contributed by atoms with Crippen LogP contribution in [0, 0.1) is 0 Å². The van der Waals surface area contributed by atoms with Crippen molar-refractivity contribution in [1.82, 2.24) is 14.8 Å². The van der Waals surface area contributed by atoms with Gasteiger partial charge < -0.3 is 14.7 Å². The van der Waals surface area contributed by atoms with Crippen LogP contribution >= 0.6 is 23.4 Å². The summed E-state index contributed by atoms with van der Waals surface area (Å²) in [6.07, 6.45) is 0. The van der Waals surface area contributed by atoms with Crippen molar-refractivity contribution in [3.63, 3.8) is 0 Å². The van der Waals surface area contributed by atoms with Crippen LogP contribution in [0.3, 0.4) is 0 Å². The van der Waals surface area contributed by atoms with Gasteiger partial charge in [0.05, 0.1) is 5.88 Å². The van der Waals surface area contributed by atoms with E-state index in [1.54, 1.807) is 41.7 Å². The number of rotatable bonds is 3. The molecule has 0 radical (unpaired) electrons. The number of carbonyl (C=O) groups excluding carboxylic acids is 2. The summed E-state index contributed by atoms with van der Waals surface area (Å²) in [6.45, 7) is 0. The highest BCUT2D eigenvalue weighted by atomic mass is 35.5. The van der Waals surface area contributed by atoms with Gasteiger partial charge in [-0.15, -0.1) is 11.8 Å². The Kier molecular flexibility index (Phi) is 5.18. The van der Waals surface area contributed by atoms with Crippen molar-refractivity contribution < 1.29 is 9.59 Å². The van der Waals surface area contributed by atoms with Crippen LogP contribution in [-0.4, -0.2) is 72.5 Å². The maximum Gasteiger partial charge on any atom is 0.255 e. The Morgan fingerprint density at radius 1 is 1.32 bits per heavy atom. The smallest absolute Gasteiger partial charge is 0.255 e. The maximum atomic E-state index is 12.7. The van der Waals surface area contributed by atoms with Crippen LogP contribution in [0.4, 0.5) is 5.82 Å². The molecule has 0 aromatic carbocycles. The summed E-state index contributed by atoms with van der Waals surface area (Å²) in [7, 11) is 7.05. The third-order valence-electron chi connectivity index (χ3n) is 3.35. The largest absolute Gasteiger partial charge is 0.363 e. The number of likely N-dealkylation sites (N-methyl/N-ethyl adjacent to an activating group) is 1. The molecule has 2 heterocycles. The second-order valence-electron chi connectivity index (χ2n) is 5.45. The third-order valence-corrected chi connectivity index (χ3v) is 4.56. The van der Waals surface area contributed by atoms with Crippen molar-refractivity contribution in [2.75, 3.05) is 44.7 Å². The van der Waals surface area contributed by atoms with Gasteiger partial charge in [-0.2, -0.15) is 0 Å². The van der Waals surface area contributed by atoms with Crippen LogP contribution in [0.25, 0.3) is 0 Å². The summed E-state index contributed by atoms with van der Waals surface area (Å²) in [5, 5.41) is 0.261. The van der Waals surface area contributed by atoms with Crippen molar-refractivity contribution in [3.8, 4) is 0 Å². The number of pyridine rings is 1. The Labute approximate surface area is 139 Å². The van der Waals surface area contributed by atoms with E-state index in [1.165, 1.54) is 11.0 Å². The molecule has 22 heavy (non-hydrogen) atoms. The normalized spacial score (nSPS) is 17.5. The molecule has 2 rings (SSSR count). The lowest BCUT2D eigenvalue weighted by Crippen LogP contribution is -2.46. The average molecular weight is 343 g/mol. The van der Waals surface area contributed by atoms with Crippen molar-refractivity contribution >= 4 is 41.0 Å². The number of halogens is 1. The van der Waals surface area contributed by atoms with Crippen LogP contribution in [0.15, 0.2) is 12.1 Å². The van der Waals surface area contributed by atoms with E-state index in [0.29, 0.717) is 23.0 Å². The first-order valence-corrected chi connectivity index (χ1v) is 8.29. The molecule has 0 spiro atoms. The summed E-state index contributed by atoms with van der Waals surface area (Å²) < 4.78 is 0. The molecule has 0 bridgehead atoms. The molecule has 120 valence electrons. The molecule has 1 aliphatic rings. The van der Waals surface area contributed by atoms with Gasteiger partial charge in [0.2, 0.25) is 5.91 Å². The van der Waals surface area contributed by atoms with Crippen molar-refractivity contribution in [1.29, 1.82) is 0 Å². The molecule has 0 aliphatic carbocycles. The van der Waals surface area contributed by atoms with Gasteiger partial charge in [-0.3, -0.25) is 9.59 Å². The highest BCUT2D eigenvalue weighted by molar-refractivity contribution is 7.99. The lowest BCUT2D eigenvalue weighted by Gasteiger charge is -2.25. The summed E-state index contributed by atoms with van der Waals surface area (Å²) >= 11 is 7.58. The Balaban J connectivity index is 2.29. The summed E-state index contributed by atoms with van der Waals surface area (Å²) in [6, 6.07) is 2.80. The summed E-state index contributed by atoms with van der Waals surface area (Å²) in [5.74, 6) is 1.46. The topological polar surface area (TPSA) is 56.8 Å². The fraction of sp³-hybridized carbons (Fsp3) is 0.500. The fourth-order valence-electron chi connectivity index (χ4n) is 2.15. The lowest BCUT2D eigenvalue weighted by atomic mass is 10.2. The molecule has 0 saturated carbocycles. The Morgan fingerprint density at radius 3 is 2.59 bits per heavy atom. The van der Waals surface area contributed by atoms with E-state index in [4.69, 9.17) is 11.6 Å². The molecule has 1 aromatic heterocycles. The first kappa shape index (κ1) is 16.9. The van der Waals surface area contributed by atoms with E-state index < -0.39 is 6.04 Å². The first-order chi connectivity index (χ1) is 10.3. The number of hydrogen-bond donors (Lipinski definition) is 0. The van der Waals surface area contributed by atoms with Gasteiger partial charge in [-0.1, -0.05) is 11.6 Å². The minimum atomic E-state index is -0.428. The number of aromatic nitrogens is 1. The van der Waals surface area contributed by atoms with E-state index in [1.807, 2.05) is 14.1 Å². The molecular weight excluding hydrogens is 324 g/mol. The van der Waals surface area contributed by atoms with Gasteiger partial charge in [0, 0.05) is 39.5 Å². The van der Waals surface area contributed by atoms with Crippen LogP contribution in [0.2, 0.25) is 5.15 Å². The summed E-state index contributed by atoms with van der Waals surface area (Å²) in [4.78, 5) is 34.0. The van der Waals surface area contributed by atoms with Crippen LogP contribution < -0.4 is 4.90 Å². The molecule has 1 fully saturated rings. The molecule has 6 nitrogen and oxygen atoms in total. The molecular formula is C14H19ClN4O2S. The third kappa shape index (κ3) is 3.47. The van der Waals surface area contributed by atoms with Gasteiger partial charge in [-0.25, -0.2) is 4.98 Å². The van der Waals surface area contributed by atoms with Gasteiger partial charge in [-0.05, 0) is 12.1 Å². The van der Waals surface area contributed by atoms with E-state index in [2.05, 4.69) is 4.98 Å². The number of nitrogens with zero attached hydrogens (tertiary/aromatic N) is 4. The minimum absolute atomic E-state index is 0.0636. The Hall–Kier alpha value is -1.47. The van der Waals surface area contributed by atoms with Crippen LogP contribution in [0.1, 0.15) is 10.4 Å². The predicted octanol–water partition coefficient (Wildman–Crippen LogP) is 1.40. The number of thioether (sulfide) groups is 1. The monoisotopic (exact) mass is 342 g/mol. The van der Waals surface area contributed by atoms with Gasteiger partial charge in [0.25, 0.3) is 5.91 Å². The Morgan fingerprint density at radius 2 is 2.00 bits per heavy atom. The summed E-state index contributed by atoms with van der Waals surface area (Å²) in [5.41, 5.74) is 0.447. The zero-order valence-corrected chi connectivity index (χ0v) is 14.6. The zero-order valence-electron chi connectivity index (χ0n) is 13.0. The molecule has 8 heteroatoms. The van der Waals surface area contributed by atoms with E-state index in [9.17, 15) is 9.59 Å². The quantitative estimate of drug-likeness (QED) is 0.777. The molecule has 1 saturated heterocycles. The number of anilines is 1. The number of carbonyl (C=O) groups is 2. The van der Waals surface area contributed by atoms with E-state index in [0.717, 1.165) is 0 Å². The second kappa shape index (κ2) is 6.75. The van der Waals surface area contributed by atoms with Gasteiger partial charge in [0.15, 0.2) is 0 Å². The zero-order chi connectivity index (χ0) is 16.4. The number of hydrogen-bond acceptors (Lipinski definition) is 5. The maximum absolute atomic E-state index is 12.7. The molecule has 2 amide bonds. The van der Waals surface area contributed by atoms with E-state index >= 15 is 0 Å². The Bertz CT molecular complexity index is 594. The molecule has 1 aromatic rings. The molecule has 0 unspecified atom stereocenters. The van der Waals surface area contributed by atoms with Crippen LogP contribution in [-0.2, 0) is 4.79 Å². The molecule has 0 N–H and O–H groups in total. The minimum Gasteiger partial charge on any atom is -0.363 e.